The fourth-order valence-corrected chi connectivity index (χ4v) is 1.84. The van der Waals surface area contributed by atoms with Crippen molar-refractivity contribution in [3.05, 3.63) is 0 Å². The molecular formula is C11H19N3O. The number of nitrogens with zero attached hydrogens (tertiary/aromatic N) is 2. The molecule has 1 aliphatic heterocycles. The van der Waals surface area contributed by atoms with E-state index in [4.69, 9.17) is 11.0 Å². The number of carbonyl (C=O) groups excluding carboxylic acids is 1. The fourth-order valence-electron chi connectivity index (χ4n) is 1.84. The number of carbonyl (C=O) groups is 1. The molecule has 0 saturated carbocycles. The van der Waals surface area contributed by atoms with E-state index < -0.39 is 5.54 Å². The van der Waals surface area contributed by atoms with Gasteiger partial charge < -0.3 is 15.4 Å². The molecule has 4 nitrogen and oxygen atoms in total. The molecule has 0 aromatic heterocycles. The van der Waals surface area contributed by atoms with E-state index in [1.54, 1.807) is 6.92 Å². The van der Waals surface area contributed by atoms with E-state index in [1.807, 2.05) is 0 Å². The lowest BCUT2D eigenvalue weighted by atomic mass is 9.90. The van der Waals surface area contributed by atoms with Crippen LogP contribution in [0.3, 0.4) is 0 Å². The Labute approximate surface area is 91.0 Å². The van der Waals surface area contributed by atoms with Crippen LogP contribution in [-0.2, 0) is 4.79 Å². The standard InChI is InChI=1S/C11H19N3O/c1-10(15)3-2-6-14-7-4-11(13,9-12)5-8-14/h2-8,13H2,1H3. The average molecular weight is 209 g/mol. The van der Waals surface area contributed by atoms with Crippen LogP contribution in [-0.4, -0.2) is 35.9 Å². The summed E-state index contributed by atoms with van der Waals surface area (Å²) in [6, 6.07) is 2.17. The molecule has 0 bridgehead atoms. The number of likely N-dealkylation sites (tertiary alicyclic amines) is 1. The molecule has 0 aromatic rings. The second-order valence-corrected chi connectivity index (χ2v) is 4.42. The zero-order valence-corrected chi connectivity index (χ0v) is 9.33. The van der Waals surface area contributed by atoms with Crippen LogP contribution in [0.4, 0.5) is 0 Å². The van der Waals surface area contributed by atoms with Crippen LogP contribution in [0.2, 0.25) is 0 Å². The van der Waals surface area contributed by atoms with Crippen molar-refractivity contribution in [2.75, 3.05) is 19.6 Å². The van der Waals surface area contributed by atoms with E-state index in [-0.39, 0.29) is 5.78 Å². The lowest BCUT2D eigenvalue weighted by molar-refractivity contribution is -0.117. The number of hydrogen-bond acceptors (Lipinski definition) is 4. The average Bonchev–Trinajstić information content (AvgIpc) is 2.21. The van der Waals surface area contributed by atoms with E-state index in [1.165, 1.54) is 0 Å². The van der Waals surface area contributed by atoms with Gasteiger partial charge in [0.15, 0.2) is 0 Å². The number of Topliss-reactive ketones (excluding diaryl/α,β-unsaturated/α-hetero) is 1. The second kappa shape index (κ2) is 5.24. The molecule has 1 saturated heterocycles. The summed E-state index contributed by atoms with van der Waals surface area (Å²) in [6.07, 6.45) is 3.05. The van der Waals surface area contributed by atoms with E-state index in [9.17, 15) is 4.79 Å². The third kappa shape index (κ3) is 3.98. The van der Waals surface area contributed by atoms with Gasteiger partial charge in [0.25, 0.3) is 0 Å². The molecule has 0 atom stereocenters. The molecular weight excluding hydrogens is 190 g/mol. The molecule has 84 valence electrons. The minimum atomic E-state index is -0.614. The van der Waals surface area contributed by atoms with Gasteiger partial charge in [0.1, 0.15) is 11.3 Å². The minimum absolute atomic E-state index is 0.247. The maximum atomic E-state index is 10.8. The van der Waals surface area contributed by atoms with Crippen LogP contribution >= 0.6 is 0 Å². The van der Waals surface area contributed by atoms with Crippen LogP contribution in [0.1, 0.15) is 32.6 Å². The van der Waals surface area contributed by atoms with Crippen molar-refractivity contribution in [1.82, 2.24) is 4.90 Å². The number of piperidine rings is 1. The predicted octanol–water partition coefficient (Wildman–Crippen LogP) is 0.672. The van der Waals surface area contributed by atoms with Crippen molar-refractivity contribution >= 4 is 5.78 Å². The van der Waals surface area contributed by atoms with Gasteiger partial charge in [-0.1, -0.05) is 0 Å². The highest BCUT2D eigenvalue weighted by molar-refractivity contribution is 5.75. The highest BCUT2D eigenvalue weighted by Gasteiger charge is 2.29. The first-order valence-corrected chi connectivity index (χ1v) is 5.48. The maximum Gasteiger partial charge on any atom is 0.129 e. The highest BCUT2D eigenvalue weighted by Crippen LogP contribution is 2.18. The monoisotopic (exact) mass is 209 g/mol. The Morgan fingerprint density at radius 1 is 1.53 bits per heavy atom. The summed E-state index contributed by atoms with van der Waals surface area (Å²) in [7, 11) is 0. The third-order valence-corrected chi connectivity index (χ3v) is 2.97. The summed E-state index contributed by atoms with van der Waals surface area (Å²) in [6.45, 7) is 4.32. The lowest BCUT2D eigenvalue weighted by Crippen LogP contribution is -2.49. The maximum absolute atomic E-state index is 10.8. The van der Waals surface area contributed by atoms with Crippen LogP contribution in [0.25, 0.3) is 0 Å². The third-order valence-electron chi connectivity index (χ3n) is 2.97. The number of rotatable bonds is 4. The molecule has 0 amide bonds. The summed E-state index contributed by atoms with van der Waals surface area (Å²) in [4.78, 5) is 13.0. The van der Waals surface area contributed by atoms with Crippen molar-refractivity contribution in [2.24, 2.45) is 5.73 Å². The van der Waals surface area contributed by atoms with Gasteiger partial charge >= 0.3 is 0 Å². The summed E-state index contributed by atoms with van der Waals surface area (Å²) >= 11 is 0. The quantitative estimate of drug-likeness (QED) is 0.739. The summed E-state index contributed by atoms with van der Waals surface area (Å²) in [5.74, 6) is 0.247. The van der Waals surface area contributed by atoms with E-state index >= 15 is 0 Å². The lowest BCUT2D eigenvalue weighted by Gasteiger charge is -2.34. The molecule has 0 unspecified atom stereocenters. The zero-order valence-electron chi connectivity index (χ0n) is 9.33. The van der Waals surface area contributed by atoms with Crippen molar-refractivity contribution in [2.45, 2.75) is 38.1 Å². The molecule has 1 heterocycles. The van der Waals surface area contributed by atoms with Gasteiger partial charge in [-0.25, -0.2) is 0 Å². The van der Waals surface area contributed by atoms with Crippen LogP contribution < -0.4 is 5.73 Å². The Kier molecular flexibility index (Phi) is 4.25. The summed E-state index contributed by atoms with van der Waals surface area (Å²) < 4.78 is 0. The normalized spacial score (nSPS) is 20.9. The SMILES string of the molecule is CC(=O)CCCN1CCC(N)(C#N)CC1. The molecule has 15 heavy (non-hydrogen) atoms. The summed E-state index contributed by atoms with van der Waals surface area (Å²) in [5, 5.41) is 8.85. The van der Waals surface area contributed by atoms with Crippen molar-refractivity contribution < 1.29 is 4.79 Å². The Morgan fingerprint density at radius 3 is 2.60 bits per heavy atom. The second-order valence-electron chi connectivity index (χ2n) is 4.42. The topological polar surface area (TPSA) is 70.1 Å². The van der Waals surface area contributed by atoms with Crippen molar-refractivity contribution in [1.29, 1.82) is 5.26 Å². The highest BCUT2D eigenvalue weighted by atomic mass is 16.1. The predicted molar refractivity (Wildman–Crippen MR) is 58.1 cm³/mol. The first kappa shape index (κ1) is 12.2. The van der Waals surface area contributed by atoms with Gasteiger partial charge in [0, 0.05) is 19.5 Å². The molecule has 1 aliphatic rings. The Bertz CT molecular complexity index is 261. The molecule has 0 radical (unpaired) electrons. The molecule has 0 spiro atoms. The molecule has 0 aliphatic carbocycles. The van der Waals surface area contributed by atoms with Crippen molar-refractivity contribution in [3.8, 4) is 6.07 Å². The number of ketones is 1. The summed E-state index contributed by atoms with van der Waals surface area (Å²) in [5.41, 5.74) is 5.24. The fraction of sp³-hybridized carbons (Fsp3) is 0.818. The van der Waals surface area contributed by atoms with Gasteiger partial charge in [0.2, 0.25) is 0 Å². The van der Waals surface area contributed by atoms with Crippen LogP contribution in [0.5, 0.6) is 0 Å². The molecule has 1 rings (SSSR count). The molecule has 0 aromatic carbocycles. The van der Waals surface area contributed by atoms with Gasteiger partial charge in [0.05, 0.1) is 6.07 Å². The Hall–Kier alpha value is -0.920. The van der Waals surface area contributed by atoms with E-state index in [2.05, 4.69) is 11.0 Å². The minimum Gasteiger partial charge on any atom is -0.313 e. The van der Waals surface area contributed by atoms with Crippen LogP contribution in [0, 0.1) is 11.3 Å². The van der Waals surface area contributed by atoms with E-state index in [0.29, 0.717) is 6.42 Å². The first-order chi connectivity index (χ1) is 7.06. The number of nitrogens with two attached hydrogens (primary N) is 1. The van der Waals surface area contributed by atoms with E-state index in [0.717, 1.165) is 38.9 Å². The number of nitriles is 1. The Balaban J connectivity index is 2.21. The smallest absolute Gasteiger partial charge is 0.129 e. The van der Waals surface area contributed by atoms with Crippen LogP contribution in [0.15, 0.2) is 0 Å². The number of hydrogen-bond donors (Lipinski definition) is 1. The first-order valence-electron chi connectivity index (χ1n) is 5.48. The zero-order chi connectivity index (χ0) is 11.3. The molecule has 4 heteroatoms. The van der Waals surface area contributed by atoms with Gasteiger partial charge in [-0.2, -0.15) is 5.26 Å². The Morgan fingerprint density at radius 2 is 2.13 bits per heavy atom. The van der Waals surface area contributed by atoms with Gasteiger partial charge in [-0.3, -0.25) is 0 Å². The molecule has 1 fully saturated rings. The van der Waals surface area contributed by atoms with Gasteiger partial charge in [-0.05, 0) is 32.7 Å². The largest absolute Gasteiger partial charge is 0.313 e. The van der Waals surface area contributed by atoms with Gasteiger partial charge in [-0.15, -0.1) is 0 Å². The molecule has 2 N–H and O–H groups in total. The van der Waals surface area contributed by atoms with Crippen molar-refractivity contribution in [3.63, 3.8) is 0 Å².